The maximum absolute atomic E-state index is 13.3. The molecule has 0 spiro atoms. The lowest BCUT2D eigenvalue weighted by molar-refractivity contribution is 0.312. The lowest BCUT2D eigenvalue weighted by Crippen LogP contribution is -2.26. The molecule has 0 radical (unpaired) electrons. The van der Waals surface area contributed by atoms with Crippen LogP contribution in [0.2, 0.25) is 0 Å². The fraction of sp³-hybridized carbons (Fsp3) is 0.348. The standard InChI is InChI=1S/C23H24FN3/c1-26-10-8-23-21(15-26)20-11-16(12-24)5-6-22(20)27(23)14-18-4-2-3-17-13-25-9-7-19(17)18/h5-7,9,11,13-14H,2-4,8,10,12,15H2,1H3/b18-14+. The number of hydrogen-bond donors (Lipinski definition) is 0. The summed E-state index contributed by atoms with van der Waals surface area (Å²) in [5, 5.41) is 1.20. The second kappa shape index (κ2) is 6.61. The number of hydrogen-bond acceptors (Lipinski definition) is 2. The third-order valence-electron chi connectivity index (χ3n) is 6.02. The van der Waals surface area contributed by atoms with Gasteiger partial charge in [0.1, 0.15) is 6.67 Å². The van der Waals surface area contributed by atoms with Crippen molar-refractivity contribution in [3.05, 3.63) is 64.6 Å². The first kappa shape index (κ1) is 16.7. The molecule has 0 saturated carbocycles. The first-order chi connectivity index (χ1) is 13.2. The van der Waals surface area contributed by atoms with Crippen molar-refractivity contribution in [1.82, 2.24) is 14.5 Å². The zero-order valence-electron chi connectivity index (χ0n) is 15.7. The highest BCUT2D eigenvalue weighted by Gasteiger charge is 2.23. The topological polar surface area (TPSA) is 21.1 Å². The Hall–Kier alpha value is -2.46. The van der Waals surface area contributed by atoms with Gasteiger partial charge in [0.15, 0.2) is 0 Å². The van der Waals surface area contributed by atoms with E-state index < -0.39 is 6.67 Å². The molecule has 27 heavy (non-hydrogen) atoms. The molecule has 1 aromatic carbocycles. The Bertz CT molecular complexity index is 1050. The summed E-state index contributed by atoms with van der Waals surface area (Å²) in [6.07, 6.45) is 10.6. The van der Waals surface area contributed by atoms with Gasteiger partial charge in [-0.25, -0.2) is 4.39 Å². The molecule has 3 nitrogen and oxygen atoms in total. The van der Waals surface area contributed by atoms with Crippen molar-refractivity contribution < 1.29 is 4.39 Å². The number of likely N-dealkylation sites (N-methyl/N-ethyl adjacent to an activating group) is 1. The molecule has 138 valence electrons. The third-order valence-corrected chi connectivity index (χ3v) is 6.02. The zero-order valence-corrected chi connectivity index (χ0v) is 15.7. The van der Waals surface area contributed by atoms with Crippen molar-refractivity contribution in [3.8, 4) is 0 Å². The summed E-state index contributed by atoms with van der Waals surface area (Å²) in [5.74, 6) is 0. The van der Waals surface area contributed by atoms with Gasteiger partial charge in [-0.05, 0) is 72.3 Å². The van der Waals surface area contributed by atoms with E-state index in [4.69, 9.17) is 0 Å². The van der Waals surface area contributed by atoms with E-state index in [1.165, 1.54) is 45.3 Å². The van der Waals surface area contributed by atoms with Crippen LogP contribution in [-0.4, -0.2) is 28.0 Å². The van der Waals surface area contributed by atoms with Gasteiger partial charge in [0, 0.05) is 49.2 Å². The summed E-state index contributed by atoms with van der Waals surface area (Å²) in [7, 11) is 2.16. The van der Waals surface area contributed by atoms with E-state index in [-0.39, 0.29) is 0 Å². The molecule has 4 heteroatoms. The van der Waals surface area contributed by atoms with Gasteiger partial charge < -0.3 is 9.47 Å². The minimum atomic E-state index is -0.410. The van der Waals surface area contributed by atoms with Crippen molar-refractivity contribution in [2.75, 3.05) is 13.6 Å². The first-order valence-corrected chi connectivity index (χ1v) is 9.77. The van der Waals surface area contributed by atoms with Crippen molar-refractivity contribution in [2.24, 2.45) is 0 Å². The average Bonchev–Trinajstić information content (AvgIpc) is 3.00. The molecular weight excluding hydrogens is 337 g/mol. The molecular formula is C23H24FN3. The van der Waals surface area contributed by atoms with Crippen LogP contribution >= 0.6 is 0 Å². The molecule has 5 rings (SSSR count). The lowest BCUT2D eigenvalue weighted by atomic mass is 9.89. The van der Waals surface area contributed by atoms with E-state index in [0.717, 1.165) is 37.9 Å². The number of benzene rings is 1. The van der Waals surface area contributed by atoms with E-state index in [2.05, 4.69) is 39.8 Å². The van der Waals surface area contributed by atoms with Gasteiger partial charge in [-0.2, -0.15) is 0 Å². The highest BCUT2D eigenvalue weighted by atomic mass is 19.1. The summed E-state index contributed by atoms with van der Waals surface area (Å²) in [6, 6.07) is 8.20. The fourth-order valence-electron chi connectivity index (χ4n) is 4.64. The van der Waals surface area contributed by atoms with Gasteiger partial charge >= 0.3 is 0 Å². The molecule has 1 aliphatic carbocycles. The number of alkyl halides is 1. The Morgan fingerprint density at radius 1 is 1.19 bits per heavy atom. The Morgan fingerprint density at radius 2 is 2.11 bits per heavy atom. The summed E-state index contributed by atoms with van der Waals surface area (Å²) >= 11 is 0. The van der Waals surface area contributed by atoms with E-state index in [1.807, 2.05) is 24.5 Å². The summed E-state index contributed by atoms with van der Waals surface area (Å²) in [5.41, 5.74) is 8.76. The molecule has 2 aliphatic rings. The van der Waals surface area contributed by atoms with Crippen LogP contribution in [0.25, 0.3) is 22.7 Å². The minimum absolute atomic E-state index is 0.410. The van der Waals surface area contributed by atoms with Gasteiger partial charge in [0.05, 0.1) is 5.52 Å². The van der Waals surface area contributed by atoms with Crippen LogP contribution in [0.5, 0.6) is 0 Å². The van der Waals surface area contributed by atoms with E-state index in [1.54, 1.807) is 0 Å². The fourth-order valence-corrected chi connectivity index (χ4v) is 4.64. The Kier molecular flexibility index (Phi) is 4.09. The SMILES string of the molecule is CN1CCc2c(c3cc(CF)ccc3n2/C=C2\CCCc3cnccc32)C1. The van der Waals surface area contributed by atoms with Crippen LogP contribution in [0.4, 0.5) is 4.39 Å². The first-order valence-electron chi connectivity index (χ1n) is 9.77. The van der Waals surface area contributed by atoms with Crippen LogP contribution in [0.15, 0.2) is 36.7 Å². The lowest BCUT2D eigenvalue weighted by Gasteiger charge is -2.24. The quantitative estimate of drug-likeness (QED) is 0.652. The van der Waals surface area contributed by atoms with Crippen molar-refractivity contribution in [2.45, 2.75) is 38.9 Å². The Balaban J connectivity index is 1.73. The van der Waals surface area contributed by atoms with Crippen LogP contribution in [-0.2, 0) is 26.1 Å². The molecule has 3 aromatic rings. The second-order valence-corrected chi connectivity index (χ2v) is 7.81. The number of fused-ring (bicyclic) bond motifs is 4. The highest BCUT2D eigenvalue weighted by Crippen LogP contribution is 2.35. The molecule has 0 atom stereocenters. The number of aromatic nitrogens is 2. The van der Waals surface area contributed by atoms with E-state index in [9.17, 15) is 4.39 Å². The van der Waals surface area contributed by atoms with Crippen molar-refractivity contribution >= 4 is 22.7 Å². The van der Waals surface area contributed by atoms with Crippen molar-refractivity contribution in [3.63, 3.8) is 0 Å². The normalized spacial score (nSPS) is 18.7. The predicted molar refractivity (Wildman–Crippen MR) is 108 cm³/mol. The molecule has 0 bridgehead atoms. The van der Waals surface area contributed by atoms with E-state index >= 15 is 0 Å². The Labute approximate surface area is 159 Å². The summed E-state index contributed by atoms with van der Waals surface area (Å²) in [4.78, 5) is 6.65. The molecule has 1 aliphatic heterocycles. The molecule has 0 N–H and O–H groups in total. The van der Waals surface area contributed by atoms with Gasteiger partial charge in [0.25, 0.3) is 0 Å². The maximum Gasteiger partial charge on any atom is 0.115 e. The van der Waals surface area contributed by atoms with Crippen LogP contribution in [0, 0.1) is 0 Å². The molecule has 0 fully saturated rings. The largest absolute Gasteiger partial charge is 0.320 e. The third kappa shape index (κ3) is 2.79. The zero-order chi connectivity index (χ0) is 18.4. The molecule has 2 aromatic heterocycles. The number of halogens is 1. The average molecular weight is 361 g/mol. The monoisotopic (exact) mass is 361 g/mol. The number of rotatable bonds is 2. The van der Waals surface area contributed by atoms with Crippen LogP contribution in [0.3, 0.4) is 0 Å². The number of nitrogens with zero attached hydrogens (tertiary/aromatic N) is 3. The van der Waals surface area contributed by atoms with E-state index in [0.29, 0.717) is 0 Å². The number of aryl methyl sites for hydroxylation is 1. The predicted octanol–water partition coefficient (Wildman–Crippen LogP) is 4.83. The minimum Gasteiger partial charge on any atom is -0.320 e. The van der Waals surface area contributed by atoms with Gasteiger partial charge in [-0.15, -0.1) is 0 Å². The Morgan fingerprint density at radius 3 is 3.00 bits per heavy atom. The number of allylic oxidation sites excluding steroid dienone is 1. The molecule has 3 heterocycles. The molecule has 0 unspecified atom stereocenters. The highest BCUT2D eigenvalue weighted by molar-refractivity contribution is 5.91. The van der Waals surface area contributed by atoms with Gasteiger partial charge in [-0.3, -0.25) is 4.98 Å². The van der Waals surface area contributed by atoms with Crippen molar-refractivity contribution in [1.29, 1.82) is 0 Å². The number of pyridine rings is 1. The van der Waals surface area contributed by atoms with Gasteiger partial charge in [-0.1, -0.05) is 6.07 Å². The summed E-state index contributed by atoms with van der Waals surface area (Å²) < 4.78 is 15.7. The summed E-state index contributed by atoms with van der Waals surface area (Å²) in [6.45, 7) is 1.58. The molecule has 0 amide bonds. The van der Waals surface area contributed by atoms with Gasteiger partial charge in [0.2, 0.25) is 0 Å². The molecule has 0 saturated heterocycles. The van der Waals surface area contributed by atoms with Crippen LogP contribution < -0.4 is 0 Å². The smallest absolute Gasteiger partial charge is 0.115 e. The van der Waals surface area contributed by atoms with Crippen LogP contribution in [0.1, 0.15) is 40.8 Å². The second-order valence-electron chi connectivity index (χ2n) is 7.81. The maximum atomic E-state index is 13.3.